The Morgan fingerprint density at radius 2 is 1.62 bits per heavy atom. The zero-order chi connectivity index (χ0) is 4.24. The van der Waals surface area contributed by atoms with Crippen LogP contribution in [-0.2, 0) is 0 Å². The zero-order valence-corrected chi connectivity index (χ0v) is 6.51. The Kier molecular flexibility index (Phi) is 9.97. The minimum atomic E-state index is 0. The minimum absolute atomic E-state index is 0. The summed E-state index contributed by atoms with van der Waals surface area (Å²) in [5, 5.41) is 0. The van der Waals surface area contributed by atoms with Gasteiger partial charge in [0.2, 0.25) is 0 Å². The Bertz CT molecular complexity index is 84.4. The van der Waals surface area contributed by atoms with E-state index in [4.69, 9.17) is 0 Å². The molecule has 38 valence electrons. The van der Waals surface area contributed by atoms with Gasteiger partial charge in [-0.25, -0.2) is 0 Å². The zero-order valence-electron chi connectivity index (χ0n) is 4.34. The summed E-state index contributed by atoms with van der Waals surface area (Å²) >= 11 is 0. The molecule has 0 aliphatic rings. The Balaban J connectivity index is 0. The first kappa shape index (κ1) is 11.1. The van der Waals surface area contributed by atoms with Gasteiger partial charge in [0.15, 0.2) is 0 Å². The minimum Gasteiger partial charge on any atom is -1.00 e. The predicted molar refractivity (Wildman–Crippen MR) is 28.8 cm³/mol. The molecule has 1 aromatic rings. The Labute approximate surface area is 71.1 Å². The van der Waals surface area contributed by atoms with Gasteiger partial charge in [-0.15, -0.1) is 0 Å². The molecule has 3 heteroatoms. The number of rotatable bonds is 0. The van der Waals surface area contributed by atoms with Crippen molar-refractivity contribution in [3.8, 4) is 0 Å². The number of hydrogen-bond acceptors (Lipinski definition) is 1. The standard InChI is InChI=1S/C5H4N.ClH.Mg/c1-2-4-6-5-3-1;;/h2-5H;1H;/q-1;;+2/p-1. The molecule has 0 fully saturated rings. The fourth-order valence-corrected chi connectivity index (χ4v) is 0.277. The van der Waals surface area contributed by atoms with Crippen LogP contribution in [0.2, 0.25) is 0 Å². The van der Waals surface area contributed by atoms with Crippen LogP contribution in [0.4, 0.5) is 0 Å². The summed E-state index contributed by atoms with van der Waals surface area (Å²) in [6.45, 7) is 0. The van der Waals surface area contributed by atoms with E-state index in [9.17, 15) is 0 Å². The van der Waals surface area contributed by atoms with Crippen LogP contribution < -0.4 is 12.4 Å². The van der Waals surface area contributed by atoms with Gasteiger partial charge >= 0.3 is 23.1 Å². The van der Waals surface area contributed by atoms with E-state index in [2.05, 4.69) is 11.1 Å². The molecule has 0 aliphatic heterocycles. The monoisotopic (exact) mass is 137 g/mol. The fourth-order valence-electron chi connectivity index (χ4n) is 0.277. The molecule has 0 atom stereocenters. The first-order chi connectivity index (χ1) is 3.00. The third-order valence-corrected chi connectivity index (χ3v) is 0.514. The largest absolute Gasteiger partial charge is 2.00 e. The quantitative estimate of drug-likeness (QED) is 0.285. The van der Waals surface area contributed by atoms with E-state index in [0.29, 0.717) is 0 Å². The van der Waals surface area contributed by atoms with Crippen molar-refractivity contribution in [1.29, 1.82) is 0 Å². The molecule has 1 heterocycles. The Morgan fingerprint density at radius 1 is 1.12 bits per heavy atom. The van der Waals surface area contributed by atoms with E-state index in [1.807, 2.05) is 0 Å². The molecule has 0 N–H and O–H groups in total. The summed E-state index contributed by atoms with van der Waals surface area (Å²) in [7, 11) is 0. The maximum Gasteiger partial charge on any atom is 2.00 e. The van der Waals surface area contributed by atoms with Gasteiger partial charge in [-0.1, -0.05) is 12.4 Å². The van der Waals surface area contributed by atoms with Gasteiger partial charge in [0, 0.05) is 0 Å². The van der Waals surface area contributed by atoms with Crippen LogP contribution in [0.25, 0.3) is 0 Å². The first-order valence-corrected chi connectivity index (χ1v) is 1.76. The summed E-state index contributed by atoms with van der Waals surface area (Å²) in [6.07, 6.45) is 3.39. The number of hydrogen-bond donors (Lipinski definition) is 0. The topological polar surface area (TPSA) is 12.9 Å². The number of halogens is 1. The third-order valence-electron chi connectivity index (χ3n) is 0.514. The molecule has 1 rings (SSSR count). The third kappa shape index (κ3) is 4.37. The average Bonchev–Trinajstić information content (AvgIpc) is 1.72. The van der Waals surface area contributed by atoms with Gasteiger partial charge < -0.3 is 17.4 Å². The first-order valence-electron chi connectivity index (χ1n) is 1.76. The van der Waals surface area contributed by atoms with Crippen molar-refractivity contribution in [3.05, 3.63) is 30.6 Å². The number of aromatic nitrogens is 1. The van der Waals surface area contributed by atoms with Crippen LogP contribution in [-0.4, -0.2) is 28.0 Å². The number of nitrogens with zero attached hydrogens (tertiary/aromatic N) is 1. The van der Waals surface area contributed by atoms with Gasteiger partial charge in [-0.05, 0) is 0 Å². The van der Waals surface area contributed by atoms with E-state index in [1.165, 1.54) is 0 Å². The second-order valence-corrected chi connectivity index (χ2v) is 0.947. The van der Waals surface area contributed by atoms with Crippen LogP contribution in [0, 0.1) is 6.07 Å². The van der Waals surface area contributed by atoms with Gasteiger partial charge in [-0.2, -0.15) is 18.2 Å². The summed E-state index contributed by atoms with van der Waals surface area (Å²) in [6, 6.07) is 6.36. The van der Waals surface area contributed by atoms with Gasteiger partial charge in [0.1, 0.15) is 0 Å². The summed E-state index contributed by atoms with van der Waals surface area (Å²) in [5.41, 5.74) is 0. The maximum absolute atomic E-state index is 3.75. The second kappa shape index (κ2) is 7.21. The van der Waals surface area contributed by atoms with Crippen molar-refractivity contribution in [1.82, 2.24) is 4.98 Å². The van der Waals surface area contributed by atoms with E-state index in [1.54, 1.807) is 24.5 Å². The Hall–Kier alpha value is 0.206. The molecule has 0 radical (unpaired) electrons. The molecule has 0 unspecified atom stereocenters. The van der Waals surface area contributed by atoms with E-state index in [0.717, 1.165) is 0 Å². The summed E-state index contributed by atoms with van der Waals surface area (Å²) in [4.78, 5) is 3.75. The maximum atomic E-state index is 3.75. The van der Waals surface area contributed by atoms with Gasteiger partial charge in [0.05, 0.1) is 0 Å². The SMILES string of the molecule is [Cl-].[Mg+2].[c-]1ccncc1. The average molecular weight is 138 g/mol. The van der Waals surface area contributed by atoms with E-state index in [-0.39, 0.29) is 35.5 Å². The van der Waals surface area contributed by atoms with E-state index < -0.39 is 0 Å². The molecular weight excluding hydrogens is 134 g/mol. The van der Waals surface area contributed by atoms with Crippen molar-refractivity contribution >= 4 is 23.1 Å². The molecule has 8 heavy (non-hydrogen) atoms. The predicted octanol–water partition coefficient (Wildman–Crippen LogP) is -2.50. The van der Waals surface area contributed by atoms with E-state index >= 15 is 0 Å². The van der Waals surface area contributed by atoms with Crippen molar-refractivity contribution in [3.63, 3.8) is 0 Å². The van der Waals surface area contributed by atoms with Crippen molar-refractivity contribution in [2.24, 2.45) is 0 Å². The fraction of sp³-hybridized carbons (Fsp3) is 0. The molecule has 0 saturated carbocycles. The molecule has 1 aromatic heterocycles. The molecular formula is C5H4ClMgN. The molecule has 0 aliphatic carbocycles. The Morgan fingerprint density at radius 3 is 1.75 bits per heavy atom. The molecule has 0 spiro atoms. The normalized spacial score (nSPS) is 6.00. The second-order valence-electron chi connectivity index (χ2n) is 0.947. The van der Waals surface area contributed by atoms with Crippen molar-refractivity contribution < 1.29 is 12.4 Å². The van der Waals surface area contributed by atoms with Crippen LogP contribution >= 0.6 is 0 Å². The summed E-state index contributed by atoms with van der Waals surface area (Å²) < 4.78 is 0. The molecule has 1 nitrogen and oxygen atoms in total. The van der Waals surface area contributed by atoms with Crippen molar-refractivity contribution in [2.75, 3.05) is 0 Å². The van der Waals surface area contributed by atoms with Crippen LogP contribution in [0.15, 0.2) is 24.5 Å². The molecule has 0 saturated heterocycles. The van der Waals surface area contributed by atoms with Gasteiger partial charge in [0.25, 0.3) is 0 Å². The molecule has 0 bridgehead atoms. The van der Waals surface area contributed by atoms with Crippen LogP contribution in [0.1, 0.15) is 0 Å². The smallest absolute Gasteiger partial charge is 1.00 e. The number of pyridine rings is 1. The van der Waals surface area contributed by atoms with Gasteiger partial charge in [-0.3, -0.25) is 0 Å². The molecule has 0 amide bonds. The van der Waals surface area contributed by atoms with Crippen LogP contribution in [0.5, 0.6) is 0 Å². The molecule has 0 aromatic carbocycles. The van der Waals surface area contributed by atoms with Crippen molar-refractivity contribution in [2.45, 2.75) is 0 Å². The summed E-state index contributed by atoms with van der Waals surface area (Å²) in [5.74, 6) is 0. The van der Waals surface area contributed by atoms with Crippen LogP contribution in [0.3, 0.4) is 0 Å².